The van der Waals surface area contributed by atoms with E-state index in [0.717, 1.165) is 10.9 Å². The Morgan fingerprint density at radius 2 is 2.13 bits per heavy atom. The van der Waals surface area contributed by atoms with Gasteiger partial charge in [-0.2, -0.15) is 5.10 Å². The van der Waals surface area contributed by atoms with E-state index in [4.69, 9.17) is 11.6 Å². The summed E-state index contributed by atoms with van der Waals surface area (Å²) in [5, 5.41) is 9.50. The molecular weight excluding hydrogens is 210 g/mol. The van der Waals surface area contributed by atoms with E-state index in [1.54, 1.807) is 0 Å². The van der Waals surface area contributed by atoms with E-state index in [9.17, 15) is 0 Å². The van der Waals surface area contributed by atoms with Crippen molar-refractivity contribution in [2.45, 2.75) is 32.7 Å². The van der Waals surface area contributed by atoms with Crippen molar-refractivity contribution >= 4 is 22.5 Å². The summed E-state index contributed by atoms with van der Waals surface area (Å²) in [4.78, 5) is 0. The molecule has 0 N–H and O–H groups in total. The summed E-state index contributed by atoms with van der Waals surface area (Å²) in [6.07, 6.45) is 4.31. The van der Waals surface area contributed by atoms with Gasteiger partial charge in [-0.05, 0) is 32.3 Å². The van der Waals surface area contributed by atoms with E-state index in [1.807, 2.05) is 6.20 Å². The molecule has 0 atom stereocenters. The Kier molecular flexibility index (Phi) is 1.80. The molecular formula is C11H12ClN3. The van der Waals surface area contributed by atoms with Crippen molar-refractivity contribution in [3.63, 3.8) is 0 Å². The standard InChI is InChI=1S/C11H12ClN3/c1-6-7(2)15(8-3-4-8)10-9(6)5-13-14-11(10)12/h5,8H,3-4H2,1-2H3. The lowest BCUT2D eigenvalue weighted by atomic mass is 10.2. The molecule has 1 aliphatic carbocycles. The minimum Gasteiger partial charge on any atom is -0.339 e. The van der Waals surface area contributed by atoms with Crippen molar-refractivity contribution in [2.75, 3.05) is 0 Å². The van der Waals surface area contributed by atoms with Crippen LogP contribution >= 0.6 is 11.6 Å². The van der Waals surface area contributed by atoms with E-state index in [2.05, 4.69) is 28.6 Å². The zero-order valence-electron chi connectivity index (χ0n) is 8.79. The van der Waals surface area contributed by atoms with Crippen LogP contribution in [0.3, 0.4) is 0 Å². The molecule has 0 amide bonds. The van der Waals surface area contributed by atoms with Gasteiger partial charge < -0.3 is 4.57 Å². The molecule has 0 aromatic carbocycles. The van der Waals surface area contributed by atoms with E-state index in [0.29, 0.717) is 11.2 Å². The zero-order chi connectivity index (χ0) is 10.6. The third kappa shape index (κ3) is 1.19. The van der Waals surface area contributed by atoms with Crippen LogP contribution in [-0.4, -0.2) is 14.8 Å². The van der Waals surface area contributed by atoms with Crippen molar-refractivity contribution in [3.8, 4) is 0 Å². The summed E-state index contributed by atoms with van der Waals surface area (Å²) in [6, 6.07) is 0.628. The Hall–Kier alpha value is -1.09. The SMILES string of the molecule is Cc1c(C)n(C2CC2)c2c(Cl)nncc12. The molecule has 15 heavy (non-hydrogen) atoms. The molecule has 0 radical (unpaired) electrons. The van der Waals surface area contributed by atoms with Gasteiger partial charge in [0.05, 0.1) is 11.7 Å². The van der Waals surface area contributed by atoms with Gasteiger partial charge in [-0.1, -0.05) is 11.6 Å². The first kappa shape index (κ1) is 9.16. The molecule has 1 aliphatic rings. The van der Waals surface area contributed by atoms with Crippen molar-refractivity contribution in [1.29, 1.82) is 0 Å². The molecule has 1 fully saturated rings. The summed E-state index contributed by atoms with van der Waals surface area (Å²) in [5.41, 5.74) is 3.63. The number of hydrogen-bond acceptors (Lipinski definition) is 2. The fourth-order valence-electron chi connectivity index (χ4n) is 2.19. The molecule has 1 saturated carbocycles. The number of hydrogen-bond donors (Lipinski definition) is 0. The Morgan fingerprint density at radius 3 is 2.80 bits per heavy atom. The lowest BCUT2D eigenvalue weighted by molar-refractivity contribution is 0.744. The summed E-state index contributed by atoms with van der Waals surface area (Å²) >= 11 is 6.12. The average Bonchev–Trinajstić information content (AvgIpc) is 3.00. The van der Waals surface area contributed by atoms with Gasteiger partial charge in [0.1, 0.15) is 0 Å². The first-order valence-electron chi connectivity index (χ1n) is 5.18. The van der Waals surface area contributed by atoms with Crippen LogP contribution in [0.25, 0.3) is 10.9 Å². The maximum atomic E-state index is 6.12. The van der Waals surface area contributed by atoms with Crippen molar-refractivity contribution in [1.82, 2.24) is 14.8 Å². The second-order valence-corrected chi connectivity index (χ2v) is 4.57. The van der Waals surface area contributed by atoms with Gasteiger partial charge in [0.2, 0.25) is 0 Å². The molecule has 0 unspecified atom stereocenters. The van der Waals surface area contributed by atoms with Crippen molar-refractivity contribution < 1.29 is 0 Å². The molecule has 2 heterocycles. The quantitative estimate of drug-likeness (QED) is 0.741. The first-order chi connectivity index (χ1) is 7.20. The average molecular weight is 222 g/mol. The monoisotopic (exact) mass is 221 g/mol. The van der Waals surface area contributed by atoms with Crippen LogP contribution in [0.1, 0.15) is 30.1 Å². The van der Waals surface area contributed by atoms with Crippen LogP contribution in [0.2, 0.25) is 5.15 Å². The summed E-state index contributed by atoms with van der Waals surface area (Å²) in [6.45, 7) is 4.26. The highest BCUT2D eigenvalue weighted by atomic mass is 35.5. The van der Waals surface area contributed by atoms with Gasteiger partial charge >= 0.3 is 0 Å². The molecule has 3 nitrogen and oxygen atoms in total. The highest BCUT2D eigenvalue weighted by Gasteiger charge is 2.28. The van der Waals surface area contributed by atoms with Crippen LogP contribution in [0.5, 0.6) is 0 Å². The lowest BCUT2D eigenvalue weighted by Gasteiger charge is -2.05. The van der Waals surface area contributed by atoms with E-state index < -0.39 is 0 Å². The van der Waals surface area contributed by atoms with Gasteiger partial charge in [0.15, 0.2) is 5.15 Å². The Bertz CT molecular complexity index is 540. The number of nitrogens with zero attached hydrogens (tertiary/aromatic N) is 3. The fourth-order valence-corrected chi connectivity index (χ4v) is 2.43. The van der Waals surface area contributed by atoms with Crippen LogP contribution in [0.15, 0.2) is 6.20 Å². The van der Waals surface area contributed by atoms with Crippen molar-refractivity contribution in [2.24, 2.45) is 0 Å². The number of fused-ring (bicyclic) bond motifs is 1. The molecule has 0 spiro atoms. The third-order valence-electron chi connectivity index (χ3n) is 3.24. The Labute approximate surface area is 93.1 Å². The molecule has 0 saturated heterocycles. The van der Waals surface area contributed by atoms with Crippen LogP contribution in [0.4, 0.5) is 0 Å². The van der Waals surface area contributed by atoms with E-state index in [1.165, 1.54) is 24.1 Å². The van der Waals surface area contributed by atoms with Gasteiger partial charge in [0, 0.05) is 17.1 Å². The van der Waals surface area contributed by atoms with Gasteiger partial charge in [-0.3, -0.25) is 0 Å². The summed E-state index contributed by atoms with van der Waals surface area (Å²) in [5.74, 6) is 0. The highest BCUT2D eigenvalue weighted by Crippen LogP contribution is 2.41. The summed E-state index contributed by atoms with van der Waals surface area (Å²) in [7, 11) is 0. The molecule has 0 bridgehead atoms. The second kappa shape index (κ2) is 2.95. The molecule has 4 heteroatoms. The third-order valence-corrected chi connectivity index (χ3v) is 3.50. The highest BCUT2D eigenvalue weighted by molar-refractivity contribution is 6.33. The topological polar surface area (TPSA) is 30.7 Å². The van der Waals surface area contributed by atoms with Crippen LogP contribution in [0, 0.1) is 13.8 Å². The van der Waals surface area contributed by atoms with Crippen molar-refractivity contribution in [3.05, 3.63) is 22.6 Å². The molecule has 78 valence electrons. The number of aromatic nitrogens is 3. The first-order valence-corrected chi connectivity index (χ1v) is 5.56. The minimum absolute atomic E-state index is 0.524. The maximum absolute atomic E-state index is 6.12. The van der Waals surface area contributed by atoms with Crippen LogP contribution < -0.4 is 0 Å². The number of aryl methyl sites for hydroxylation is 1. The van der Waals surface area contributed by atoms with E-state index in [-0.39, 0.29) is 0 Å². The molecule has 3 rings (SSSR count). The van der Waals surface area contributed by atoms with Gasteiger partial charge in [-0.15, -0.1) is 5.10 Å². The van der Waals surface area contributed by atoms with Crippen LogP contribution in [-0.2, 0) is 0 Å². The molecule has 0 aliphatic heterocycles. The lowest BCUT2D eigenvalue weighted by Crippen LogP contribution is -1.97. The minimum atomic E-state index is 0.524. The van der Waals surface area contributed by atoms with Gasteiger partial charge in [0.25, 0.3) is 0 Å². The number of rotatable bonds is 1. The largest absolute Gasteiger partial charge is 0.339 e. The van der Waals surface area contributed by atoms with Gasteiger partial charge in [-0.25, -0.2) is 0 Å². The molecule has 2 aromatic heterocycles. The van der Waals surface area contributed by atoms with E-state index >= 15 is 0 Å². The Balaban J connectivity index is 2.45. The Morgan fingerprint density at radius 1 is 1.40 bits per heavy atom. The summed E-state index contributed by atoms with van der Waals surface area (Å²) < 4.78 is 2.32. The predicted molar refractivity (Wildman–Crippen MR) is 60.3 cm³/mol. The second-order valence-electron chi connectivity index (χ2n) is 4.21. The normalized spacial score (nSPS) is 16.2. The fraction of sp³-hybridized carbons (Fsp3) is 0.455. The number of halogens is 1. The smallest absolute Gasteiger partial charge is 0.175 e. The maximum Gasteiger partial charge on any atom is 0.175 e. The zero-order valence-corrected chi connectivity index (χ0v) is 9.54. The predicted octanol–water partition coefficient (Wildman–Crippen LogP) is 3.04. The molecule has 2 aromatic rings.